The Morgan fingerprint density at radius 2 is 2.19 bits per heavy atom. The largest absolute Gasteiger partial charge is 0.466 e. The second-order valence-electron chi connectivity index (χ2n) is 3.00. The molecule has 1 N–H and O–H groups in total. The van der Waals surface area contributed by atoms with E-state index in [1.165, 1.54) is 0 Å². The van der Waals surface area contributed by atoms with Gasteiger partial charge in [-0.3, -0.25) is 4.79 Å². The van der Waals surface area contributed by atoms with Gasteiger partial charge in [-0.2, -0.15) is 0 Å². The van der Waals surface area contributed by atoms with Crippen LogP contribution in [0.5, 0.6) is 0 Å². The Labute approximate surface area is 94.6 Å². The van der Waals surface area contributed by atoms with Crippen LogP contribution in [0.2, 0.25) is 0 Å². The number of hydrogen-bond donors (Lipinski definition) is 1. The predicted octanol–water partition coefficient (Wildman–Crippen LogP) is 1.48. The number of carbonyl (C=O) groups excluding carboxylic acids is 1. The van der Waals surface area contributed by atoms with Crippen LogP contribution in [0.1, 0.15) is 18.9 Å². The van der Waals surface area contributed by atoms with Crippen molar-refractivity contribution in [1.29, 1.82) is 0 Å². The molecule has 1 rings (SSSR count). The standard InChI is InChI=1S/C11H15N3O2/c1-3-16-10(15)6-4-5-9-7-13-11(12-2)14-8-9/h4-5,7-8H,3,6H2,1-2H3,(H,12,13,14). The maximum atomic E-state index is 11.0. The zero-order chi connectivity index (χ0) is 11.8. The molecular formula is C11H15N3O2. The molecule has 0 aliphatic heterocycles. The van der Waals surface area contributed by atoms with Gasteiger partial charge in [0.05, 0.1) is 13.0 Å². The molecule has 1 aromatic rings. The van der Waals surface area contributed by atoms with Gasteiger partial charge < -0.3 is 10.1 Å². The zero-order valence-corrected chi connectivity index (χ0v) is 9.43. The van der Waals surface area contributed by atoms with Gasteiger partial charge in [0.25, 0.3) is 0 Å². The molecule has 0 aliphatic rings. The lowest BCUT2D eigenvalue weighted by Gasteiger charge is -1.98. The third-order valence-electron chi connectivity index (χ3n) is 1.80. The van der Waals surface area contributed by atoms with Crippen LogP contribution in [0.4, 0.5) is 5.95 Å². The molecule has 0 aromatic carbocycles. The van der Waals surface area contributed by atoms with Gasteiger partial charge in [0.2, 0.25) is 5.95 Å². The van der Waals surface area contributed by atoms with Crippen LogP contribution in [0.25, 0.3) is 6.08 Å². The van der Waals surface area contributed by atoms with Crippen LogP contribution in [0.15, 0.2) is 18.5 Å². The highest BCUT2D eigenvalue weighted by atomic mass is 16.5. The van der Waals surface area contributed by atoms with Crippen LogP contribution >= 0.6 is 0 Å². The van der Waals surface area contributed by atoms with Crippen LogP contribution < -0.4 is 5.32 Å². The van der Waals surface area contributed by atoms with Gasteiger partial charge in [-0.25, -0.2) is 9.97 Å². The first-order chi connectivity index (χ1) is 7.76. The first-order valence-corrected chi connectivity index (χ1v) is 5.08. The molecular weight excluding hydrogens is 206 g/mol. The monoisotopic (exact) mass is 221 g/mol. The van der Waals surface area contributed by atoms with E-state index in [2.05, 4.69) is 15.3 Å². The highest BCUT2D eigenvalue weighted by Crippen LogP contribution is 2.02. The summed E-state index contributed by atoms with van der Waals surface area (Å²) in [6, 6.07) is 0. The number of nitrogens with zero attached hydrogens (tertiary/aromatic N) is 2. The van der Waals surface area contributed by atoms with Crippen molar-refractivity contribution in [2.75, 3.05) is 19.0 Å². The quantitative estimate of drug-likeness (QED) is 0.763. The number of ether oxygens (including phenoxy) is 1. The molecule has 86 valence electrons. The van der Waals surface area contributed by atoms with E-state index in [-0.39, 0.29) is 12.4 Å². The van der Waals surface area contributed by atoms with Gasteiger partial charge >= 0.3 is 5.97 Å². The van der Waals surface area contributed by atoms with Crippen molar-refractivity contribution in [3.05, 3.63) is 24.0 Å². The van der Waals surface area contributed by atoms with E-state index in [0.717, 1.165) is 5.56 Å². The fraction of sp³-hybridized carbons (Fsp3) is 0.364. The molecule has 0 fully saturated rings. The molecule has 5 heteroatoms. The fourth-order valence-corrected chi connectivity index (χ4v) is 1.06. The minimum absolute atomic E-state index is 0.230. The minimum Gasteiger partial charge on any atom is -0.466 e. The number of carbonyl (C=O) groups is 1. The molecule has 0 saturated heterocycles. The fourth-order valence-electron chi connectivity index (χ4n) is 1.06. The van der Waals surface area contributed by atoms with E-state index in [1.807, 2.05) is 0 Å². The molecule has 5 nitrogen and oxygen atoms in total. The minimum atomic E-state index is -0.230. The van der Waals surface area contributed by atoms with Gasteiger partial charge in [-0.1, -0.05) is 12.2 Å². The molecule has 0 radical (unpaired) electrons. The summed E-state index contributed by atoms with van der Waals surface area (Å²) in [6.07, 6.45) is 7.15. The predicted molar refractivity (Wildman–Crippen MR) is 61.9 cm³/mol. The van der Waals surface area contributed by atoms with Crippen LogP contribution in [0.3, 0.4) is 0 Å². The summed E-state index contributed by atoms with van der Waals surface area (Å²) in [6.45, 7) is 2.19. The van der Waals surface area contributed by atoms with Crippen molar-refractivity contribution in [3.63, 3.8) is 0 Å². The number of nitrogens with one attached hydrogen (secondary N) is 1. The Morgan fingerprint density at radius 1 is 1.50 bits per heavy atom. The zero-order valence-electron chi connectivity index (χ0n) is 9.43. The maximum absolute atomic E-state index is 11.0. The Hall–Kier alpha value is -1.91. The summed E-state index contributed by atoms with van der Waals surface area (Å²) in [4.78, 5) is 19.1. The van der Waals surface area contributed by atoms with E-state index in [1.54, 1.807) is 38.5 Å². The average Bonchev–Trinajstić information content (AvgIpc) is 2.30. The lowest BCUT2D eigenvalue weighted by atomic mass is 10.3. The van der Waals surface area contributed by atoms with E-state index >= 15 is 0 Å². The highest BCUT2D eigenvalue weighted by molar-refractivity contribution is 5.72. The third-order valence-corrected chi connectivity index (χ3v) is 1.80. The summed E-state index contributed by atoms with van der Waals surface area (Å²) in [5.74, 6) is 0.342. The van der Waals surface area contributed by atoms with E-state index in [4.69, 9.17) is 4.74 Å². The van der Waals surface area contributed by atoms with Crippen LogP contribution in [-0.2, 0) is 9.53 Å². The van der Waals surface area contributed by atoms with Crippen molar-refractivity contribution < 1.29 is 9.53 Å². The van der Waals surface area contributed by atoms with Gasteiger partial charge in [0.15, 0.2) is 0 Å². The number of rotatable bonds is 5. The van der Waals surface area contributed by atoms with Crippen LogP contribution in [-0.4, -0.2) is 29.6 Å². The number of hydrogen-bond acceptors (Lipinski definition) is 5. The van der Waals surface area contributed by atoms with Crippen molar-refractivity contribution in [2.45, 2.75) is 13.3 Å². The van der Waals surface area contributed by atoms with E-state index in [9.17, 15) is 4.79 Å². The Balaban J connectivity index is 2.46. The molecule has 0 bridgehead atoms. The normalized spacial score (nSPS) is 10.4. The molecule has 1 aromatic heterocycles. The average molecular weight is 221 g/mol. The van der Waals surface area contributed by atoms with Gasteiger partial charge in [0, 0.05) is 25.0 Å². The number of aromatic nitrogens is 2. The lowest BCUT2D eigenvalue weighted by Crippen LogP contribution is -2.01. The van der Waals surface area contributed by atoms with Crippen molar-refractivity contribution in [2.24, 2.45) is 0 Å². The second kappa shape index (κ2) is 6.55. The summed E-state index contributed by atoms with van der Waals surface area (Å²) in [5, 5.41) is 2.82. The molecule has 1 heterocycles. The first kappa shape index (κ1) is 12.2. The molecule has 0 atom stereocenters. The molecule has 0 unspecified atom stereocenters. The number of anilines is 1. The van der Waals surface area contributed by atoms with Gasteiger partial charge in [-0.05, 0) is 6.92 Å². The number of esters is 1. The van der Waals surface area contributed by atoms with Crippen molar-refractivity contribution in [3.8, 4) is 0 Å². The van der Waals surface area contributed by atoms with Crippen LogP contribution in [0, 0.1) is 0 Å². The highest BCUT2D eigenvalue weighted by Gasteiger charge is 1.96. The Bertz CT molecular complexity index is 360. The first-order valence-electron chi connectivity index (χ1n) is 5.08. The Morgan fingerprint density at radius 3 is 2.75 bits per heavy atom. The van der Waals surface area contributed by atoms with Crippen molar-refractivity contribution >= 4 is 18.0 Å². The van der Waals surface area contributed by atoms with E-state index < -0.39 is 0 Å². The summed E-state index contributed by atoms with van der Waals surface area (Å²) < 4.78 is 4.78. The maximum Gasteiger partial charge on any atom is 0.309 e. The van der Waals surface area contributed by atoms with Gasteiger partial charge in [-0.15, -0.1) is 0 Å². The molecule has 0 spiro atoms. The SMILES string of the molecule is CCOC(=O)CC=Cc1cnc(NC)nc1. The lowest BCUT2D eigenvalue weighted by molar-refractivity contribution is -0.142. The van der Waals surface area contributed by atoms with Crippen molar-refractivity contribution in [1.82, 2.24) is 9.97 Å². The molecule has 0 amide bonds. The Kier molecular flexibility index (Phi) is 4.98. The molecule has 0 aliphatic carbocycles. The second-order valence-corrected chi connectivity index (χ2v) is 3.00. The summed E-state index contributed by atoms with van der Waals surface area (Å²) in [5.41, 5.74) is 0.850. The van der Waals surface area contributed by atoms with E-state index in [0.29, 0.717) is 12.6 Å². The topological polar surface area (TPSA) is 64.1 Å². The molecule has 0 saturated carbocycles. The van der Waals surface area contributed by atoms with Gasteiger partial charge in [0.1, 0.15) is 0 Å². The summed E-state index contributed by atoms with van der Waals surface area (Å²) in [7, 11) is 1.76. The molecule has 16 heavy (non-hydrogen) atoms. The summed E-state index contributed by atoms with van der Waals surface area (Å²) >= 11 is 0. The smallest absolute Gasteiger partial charge is 0.309 e. The third kappa shape index (κ3) is 4.08.